The first-order valence-electron chi connectivity index (χ1n) is 9.11. The number of hydrogen-bond donors (Lipinski definition) is 3. The predicted molar refractivity (Wildman–Crippen MR) is 108 cm³/mol. The Balaban J connectivity index is 1.50. The summed E-state index contributed by atoms with van der Waals surface area (Å²) in [6.45, 7) is 5.28. The van der Waals surface area contributed by atoms with Crippen LogP contribution in [-0.2, 0) is 0 Å². The molecule has 2 heterocycles. The number of aromatic nitrogens is 2. The highest BCUT2D eigenvalue weighted by molar-refractivity contribution is 9.10. The van der Waals surface area contributed by atoms with E-state index in [0.717, 1.165) is 15.9 Å². The number of anilines is 1. The first kappa shape index (κ1) is 19.4. The normalized spacial score (nSPS) is 15.0. The highest BCUT2D eigenvalue weighted by atomic mass is 79.9. The Morgan fingerprint density at radius 3 is 2.48 bits per heavy atom. The molecule has 144 valence electrons. The SMILES string of the molecule is CC(C)c1[nH]nc(C(=O)NC2CCN(C(=O)Nc3ccccc3)CC2)c1Br. The number of H-pyrrole nitrogens is 1. The first-order chi connectivity index (χ1) is 13.0. The fraction of sp³-hybridized carbons (Fsp3) is 0.421. The van der Waals surface area contributed by atoms with E-state index in [-0.39, 0.29) is 23.9 Å². The molecule has 0 bridgehead atoms. The fourth-order valence-electron chi connectivity index (χ4n) is 3.08. The van der Waals surface area contributed by atoms with Crippen molar-refractivity contribution in [1.29, 1.82) is 0 Å². The zero-order chi connectivity index (χ0) is 19.4. The van der Waals surface area contributed by atoms with Crippen LogP contribution in [0.3, 0.4) is 0 Å². The van der Waals surface area contributed by atoms with Crippen LogP contribution in [0.15, 0.2) is 34.8 Å². The van der Waals surface area contributed by atoms with Crippen LogP contribution in [-0.4, -0.2) is 46.2 Å². The molecule has 1 aromatic carbocycles. The summed E-state index contributed by atoms with van der Waals surface area (Å²) in [5, 5.41) is 13.0. The molecular formula is C19H24BrN5O2. The lowest BCUT2D eigenvalue weighted by molar-refractivity contribution is 0.0913. The molecule has 0 radical (unpaired) electrons. The van der Waals surface area contributed by atoms with Gasteiger partial charge >= 0.3 is 6.03 Å². The summed E-state index contributed by atoms with van der Waals surface area (Å²) in [5.41, 5.74) is 2.07. The van der Waals surface area contributed by atoms with Crippen LogP contribution in [0.4, 0.5) is 10.5 Å². The molecule has 0 aliphatic carbocycles. The van der Waals surface area contributed by atoms with Gasteiger partial charge in [-0.3, -0.25) is 9.89 Å². The van der Waals surface area contributed by atoms with E-state index in [9.17, 15) is 9.59 Å². The molecule has 3 N–H and O–H groups in total. The molecular weight excluding hydrogens is 410 g/mol. The monoisotopic (exact) mass is 433 g/mol. The number of carbonyl (C=O) groups excluding carboxylic acids is 2. The number of likely N-dealkylation sites (tertiary alicyclic amines) is 1. The van der Waals surface area contributed by atoms with Crippen molar-refractivity contribution in [1.82, 2.24) is 20.4 Å². The molecule has 3 amide bonds. The van der Waals surface area contributed by atoms with Crippen molar-refractivity contribution in [3.63, 3.8) is 0 Å². The molecule has 0 unspecified atom stereocenters. The molecule has 1 aliphatic rings. The number of rotatable bonds is 4. The topological polar surface area (TPSA) is 90.1 Å². The number of carbonyl (C=O) groups is 2. The molecule has 27 heavy (non-hydrogen) atoms. The highest BCUT2D eigenvalue weighted by Gasteiger charge is 2.26. The molecule has 8 heteroatoms. The Morgan fingerprint density at radius 1 is 1.22 bits per heavy atom. The Morgan fingerprint density at radius 2 is 1.89 bits per heavy atom. The van der Waals surface area contributed by atoms with E-state index in [2.05, 4.69) is 36.8 Å². The number of para-hydroxylation sites is 1. The maximum absolute atomic E-state index is 12.5. The molecule has 2 aromatic rings. The van der Waals surface area contributed by atoms with E-state index in [1.54, 1.807) is 4.90 Å². The van der Waals surface area contributed by atoms with Gasteiger partial charge in [-0.05, 0) is 46.8 Å². The second kappa shape index (κ2) is 8.56. The van der Waals surface area contributed by atoms with Gasteiger partial charge in [0.15, 0.2) is 5.69 Å². The second-order valence-corrected chi connectivity index (χ2v) is 7.78. The number of urea groups is 1. The van der Waals surface area contributed by atoms with Gasteiger partial charge in [0, 0.05) is 24.8 Å². The van der Waals surface area contributed by atoms with E-state index in [4.69, 9.17) is 0 Å². The van der Waals surface area contributed by atoms with Crippen molar-refractivity contribution in [2.24, 2.45) is 0 Å². The zero-order valence-corrected chi connectivity index (χ0v) is 17.0. The van der Waals surface area contributed by atoms with Crippen molar-refractivity contribution < 1.29 is 9.59 Å². The van der Waals surface area contributed by atoms with Crippen LogP contribution < -0.4 is 10.6 Å². The summed E-state index contributed by atoms with van der Waals surface area (Å²) < 4.78 is 0.717. The molecule has 7 nitrogen and oxygen atoms in total. The Hall–Kier alpha value is -2.35. The number of piperidine rings is 1. The maximum atomic E-state index is 12.5. The van der Waals surface area contributed by atoms with Crippen LogP contribution in [0, 0.1) is 0 Å². The fourth-order valence-corrected chi connectivity index (χ4v) is 3.89. The lowest BCUT2D eigenvalue weighted by Gasteiger charge is -2.32. The minimum absolute atomic E-state index is 0.0318. The van der Waals surface area contributed by atoms with Crippen LogP contribution in [0.2, 0.25) is 0 Å². The van der Waals surface area contributed by atoms with Crippen molar-refractivity contribution in [3.8, 4) is 0 Å². The minimum Gasteiger partial charge on any atom is -0.348 e. The zero-order valence-electron chi connectivity index (χ0n) is 15.5. The summed E-state index contributed by atoms with van der Waals surface area (Å²) in [6, 6.07) is 9.32. The standard InChI is InChI=1S/C19H24BrN5O2/c1-12(2)16-15(20)17(24-23-16)18(26)21-14-8-10-25(11-9-14)19(27)22-13-6-4-3-5-7-13/h3-7,12,14H,8-11H2,1-2H3,(H,21,26)(H,22,27)(H,23,24). The molecule has 1 saturated heterocycles. The third-order valence-electron chi connectivity index (χ3n) is 4.67. The van der Waals surface area contributed by atoms with Crippen LogP contribution in [0.25, 0.3) is 0 Å². The Bertz CT molecular complexity index is 798. The highest BCUT2D eigenvalue weighted by Crippen LogP contribution is 2.25. The number of halogens is 1. The molecule has 1 aromatic heterocycles. The summed E-state index contributed by atoms with van der Waals surface area (Å²) >= 11 is 3.46. The lowest BCUT2D eigenvalue weighted by atomic mass is 10.0. The molecule has 0 spiro atoms. The summed E-state index contributed by atoms with van der Waals surface area (Å²) in [5.74, 6) is 0.0528. The van der Waals surface area contributed by atoms with Gasteiger partial charge in [-0.1, -0.05) is 32.0 Å². The van der Waals surface area contributed by atoms with Crippen molar-refractivity contribution in [2.45, 2.75) is 38.6 Å². The quantitative estimate of drug-likeness (QED) is 0.685. The Kier molecular flexibility index (Phi) is 6.15. The second-order valence-electron chi connectivity index (χ2n) is 6.99. The van der Waals surface area contributed by atoms with E-state index in [1.165, 1.54) is 0 Å². The third kappa shape index (κ3) is 4.68. The van der Waals surface area contributed by atoms with E-state index >= 15 is 0 Å². The number of benzene rings is 1. The van der Waals surface area contributed by atoms with Gasteiger partial charge in [-0.2, -0.15) is 5.10 Å². The van der Waals surface area contributed by atoms with Crippen LogP contribution in [0.1, 0.15) is 48.8 Å². The van der Waals surface area contributed by atoms with Crippen LogP contribution >= 0.6 is 15.9 Å². The Labute approximate surface area is 167 Å². The molecule has 1 aliphatic heterocycles. The number of nitrogens with zero attached hydrogens (tertiary/aromatic N) is 2. The largest absolute Gasteiger partial charge is 0.348 e. The number of nitrogens with one attached hydrogen (secondary N) is 3. The number of amides is 3. The minimum atomic E-state index is -0.197. The van der Waals surface area contributed by atoms with Gasteiger partial charge < -0.3 is 15.5 Å². The maximum Gasteiger partial charge on any atom is 0.321 e. The average molecular weight is 434 g/mol. The summed E-state index contributed by atoms with van der Waals surface area (Å²) in [7, 11) is 0. The number of aromatic amines is 1. The number of hydrogen-bond acceptors (Lipinski definition) is 3. The average Bonchev–Trinajstić information content (AvgIpc) is 3.05. The lowest BCUT2D eigenvalue weighted by Crippen LogP contribution is -2.47. The smallest absolute Gasteiger partial charge is 0.321 e. The van der Waals surface area contributed by atoms with Gasteiger partial charge in [0.05, 0.1) is 10.2 Å². The van der Waals surface area contributed by atoms with Gasteiger partial charge in [0.25, 0.3) is 5.91 Å². The molecule has 3 rings (SSSR count). The summed E-state index contributed by atoms with van der Waals surface area (Å²) in [6.07, 6.45) is 1.43. The summed E-state index contributed by atoms with van der Waals surface area (Å²) in [4.78, 5) is 26.6. The van der Waals surface area contributed by atoms with Gasteiger partial charge in [0.2, 0.25) is 0 Å². The first-order valence-corrected chi connectivity index (χ1v) is 9.90. The van der Waals surface area contributed by atoms with Crippen molar-refractivity contribution in [3.05, 3.63) is 46.2 Å². The molecule has 1 fully saturated rings. The molecule has 0 atom stereocenters. The van der Waals surface area contributed by atoms with E-state index in [0.29, 0.717) is 31.6 Å². The van der Waals surface area contributed by atoms with Crippen molar-refractivity contribution >= 4 is 33.6 Å². The molecule has 0 saturated carbocycles. The van der Waals surface area contributed by atoms with Gasteiger partial charge in [0.1, 0.15) is 0 Å². The van der Waals surface area contributed by atoms with E-state index < -0.39 is 0 Å². The van der Waals surface area contributed by atoms with E-state index in [1.807, 2.05) is 44.2 Å². The van der Waals surface area contributed by atoms with Crippen LogP contribution in [0.5, 0.6) is 0 Å². The third-order valence-corrected chi connectivity index (χ3v) is 5.47. The van der Waals surface area contributed by atoms with Crippen molar-refractivity contribution in [2.75, 3.05) is 18.4 Å². The predicted octanol–water partition coefficient (Wildman–Crippen LogP) is 3.72. The van der Waals surface area contributed by atoms with Gasteiger partial charge in [-0.25, -0.2) is 4.79 Å². The van der Waals surface area contributed by atoms with Gasteiger partial charge in [-0.15, -0.1) is 0 Å².